The Hall–Kier alpha value is -2.32. The van der Waals surface area contributed by atoms with E-state index in [1.54, 1.807) is 23.6 Å². The molecule has 1 aliphatic carbocycles. The summed E-state index contributed by atoms with van der Waals surface area (Å²) in [6, 6.07) is 7.67. The highest BCUT2D eigenvalue weighted by Gasteiger charge is 2.30. The summed E-state index contributed by atoms with van der Waals surface area (Å²) in [4.78, 5) is 42.2. The number of anilines is 2. The van der Waals surface area contributed by atoms with Gasteiger partial charge in [-0.3, -0.25) is 9.59 Å². The summed E-state index contributed by atoms with van der Waals surface area (Å²) in [5.74, 6) is -0.776. The van der Waals surface area contributed by atoms with Crippen molar-refractivity contribution in [1.82, 2.24) is 0 Å². The van der Waals surface area contributed by atoms with Gasteiger partial charge >= 0.3 is 5.97 Å². The van der Waals surface area contributed by atoms with Crippen LogP contribution in [0.25, 0.3) is 0 Å². The van der Waals surface area contributed by atoms with Gasteiger partial charge in [-0.15, -0.1) is 23.1 Å². The van der Waals surface area contributed by atoms with Crippen molar-refractivity contribution in [1.29, 1.82) is 0 Å². The molecule has 1 aromatic heterocycles. The predicted molar refractivity (Wildman–Crippen MR) is 124 cm³/mol. The molecule has 2 aromatic rings. The standard InChI is InChI=1S/C23H26N2O4S2/c1-3-29-23(28)21-15-8-4-6-10-17(15)31-22(21)24-19(26)13-25-16-9-5-7-11-18(16)30-14(2)12-20(25)27/h5,7,9,11,14H,3-4,6,8,10,12-13H2,1-2H3,(H,24,26). The van der Waals surface area contributed by atoms with E-state index in [2.05, 4.69) is 5.32 Å². The normalized spacial score (nSPS) is 18.1. The van der Waals surface area contributed by atoms with Gasteiger partial charge in [0.05, 0.1) is 17.9 Å². The number of fused-ring (bicyclic) bond motifs is 2. The van der Waals surface area contributed by atoms with Gasteiger partial charge in [-0.25, -0.2) is 4.79 Å². The van der Waals surface area contributed by atoms with Gasteiger partial charge in [0, 0.05) is 21.4 Å². The molecule has 1 N–H and O–H groups in total. The fourth-order valence-corrected chi connectivity index (χ4v) is 6.49. The van der Waals surface area contributed by atoms with Crippen molar-refractivity contribution in [3.63, 3.8) is 0 Å². The zero-order valence-corrected chi connectivity index (χ0v) is 19.4. The van der Waals surface area contributed by atoms with Crippen molar-refractivity contribution in [2.45, 2.75) is 56.1 Å². The lowest BCUT2D eigenvalue weighted by atomic mass is 9.95. The van der Waals surface area contributed by atoms with Crippen molar-refractivity contribution in [2.24, 2.45) is 0 Å². The fraction of sp³-hybridized carbons (Fsp3) is 0.435. The summed E-state index contributed by atoms with van der Waals surface area (Å²) in [5, 5.41) is 3.59. The number of nitrogens with one attached hydrogen (secondary N) is 1. The van der Waals surface area contributed by atoms with Crippen LogP contribution in [0, 0.1) is 0 Å². The van der Waals surface area contributed by atoms with E-state index in [0.29, 0.717) is 17.0 Å². The Labute approximate surface area is 190 Å². The number of esters is 1. The van der Waals surface area contributed by atoms with Gasteiger partial charge in [0.1, 0.15) is 11.5 Å². The summed E-state index contributed by atoms with van der Waals surface area (Å²) >= 11 is 3.10. The molecule has 2 aliphatic rings. The van der Waals surface area contributed by atoms with Gasteiger partial charge < -0.3 is 15.0 Å². The molecule has 1 unspecified atom stereocenters. The molecule has 0 fully saturated rings. The van der Waals surface area contributed by atoms with Gasteiger partial charge in [0.2, 0.25) is 11.8 Å². The second-order valence-corrected chi connectivity index (χ2v) is 10.3. The Kier molecular flexibility index (Phi) is 6.67. The summed E-state index contributed by atoms with van der Waals surface area (Å²) in [6.07, 6.45) is 4.21. The molecule has 31 heavy (non-hydrogen) atoms. The molecule has 8 heteroatoms. The van der Waals surface area contributed by atoms with E-state index in [4.69, 9.17) is 4.74 Å². The molecule has 0 saturated carbocycles. The van der Waals surface area contributed by atoms with E-state index in [1.807, 2.05) is 31.2 Å². The molecule has 0 saturated heterocycles. The van der Waals surface area contributed by atoms with Crippen LogP contribution in [0.4, 0.5) is 10.7 Å². The first-order chi connectivity index (χ1) is 15.0. The first-order valence-corrected chi connectivity index (χ1v) is 12.3. The highest BCUT2D eigenvalue weighted by atomic mass is 32.2. The lowest BCUT2D eigenvalue weighted by molar-refractivity contribution is -0.121. The molecular formula is C23H26N2O4S2. The second kappa shape index (κ2) is 9.44. The first-order valence-electron chi connectivity index (χ1n) is 10.7. The number of aryl methyl sites for hydroxylation is 1. The van der Waals surface area contributed by atoms with Crippen LogP contribution in [-0.4, -0.2) is 36.2 Å². The minimum Gasteiger partial charge on any atom is -0.462 e. The number of para-hydroxylation sites is 1. The van der Waals surface area contributed by atoms with Crippen LogP contribution in [0.5, 0.6) is 0 Å². The van der Waals surface area contributed by atoms with Crippen LogP contribution in [0.1, 0.15) is 53.9 Å². The average molecular weight is 459 g/mol. The molecule has 1 atom stereocenters. The van der Waals surface area contributed by atoms with Gasteiger partial charge in [-0.2, -0.15) is 0 Å². The third kappa shape index (κ3) is 4.65. The number of rotatable bonds is 5. The summed E-state index contributed by atoms with van der Waals surface area (Å²) in [6.45, 7) is 3.99. The van der Waals surface area contributed by atoms with Crippen LogP contribution in [0.3, 0.4) is 0 Å². The van der Waals surface area contributed by atoms with Gasteiger partial charge in [0.25, 0.3) is 0 Å². The Balaban J connectivity index is 1.59. The lowest BCUT2D eigenvalue weighted by Crippen LogP contribution is -2.38. The zero-order chi connectivity index (χ0) is 22.0. The quantitative estimate of drug-likeness (QED) is 0.660. The maximum absolute atomic E-state index is 13.0. The summed E-state index contributed by atoms with van der Waals surface area (Å²) < 4.78 is 5.27. The number of benzene rings is 1. The lowest BCUT2D eigenvalue weighted by Gasteiger charge is -2.22. The van der Waals surface area contributed by atoms with Crippen LogP contribution in [0.15, 0.2) is 29.2 Å². The molecule has 164 valence electrons. The smallest absolute Gasteiger partial charge is 0.341 e. The van der Waals surface area contributed by atoms with E-state index >= 15 is 0 Å². The molecule has 2 amide bonds. The first kappa shape index (κ1) is 21.9. The van der Waals surface area contributed by atoms with Crippen LogP contribution < -0.4 is 10.2 Å². The number of carbonyl (C=O) groups is 3. The Morgan fingerprint density at radius 3 is 2.81 bits per heavy atom. The molecule has 4 rings (SSSR count). The molecule has 1 aliphatic heterocycles. The van der Waals surface area contributed by atoms with E-state index in [9.17, 15) is 14.4 Å². The van der Waals surface area contributed by atoms with Crippen molar-refractivity contribution in [3.05, 3.63) is 40.3 Å². The number of amides is 2. The van der Waals surface area contributed by atoms with Crippen molar-refractivity contribution >= 4 is 51.6 Å². The largest absolute Gasteiger partial charge is 0.462 e. The molecule has 0 spiro atoms. The van der Waals surface area contributed by atoms with Gasteiger partial charge in [0.15, 0.2) is 0 Å². The number of ether oxygens (including phenoxy) is 1. The Morgan fingerprint density at radius 1 is 1.23 bits per heavy atom. The minimum atomic E-state index is -0.390. The van der Waals surface area contributed by atoms with E-state index in [0.717, 1.165) is 46.7 Å². The molecular weight excluding hydrogens is 432 g/mol. The van der Waals surface area contributed by atoms with Gasteiger partial charge in [-0.1, -0.05) is 19.1 Å². The average Bonchev–Trinajstić information content (AvgIpc) is 3.04. The monoisotopic (exact) mass is 458 g/mol. The number of nitrogens with zero attached hydrogens (tertiary/aromatic N) is 1. The van der Waals surface area contributed by atoms with Crippen molar-refractivity contribution in [3.8, 4) is 0 Å². The topological polar surface area (TPSA) is 75.7 Å². The van der Waals surface area contributed by atoms with Crippen LogP contribution >= 0.6 is 23.1 Å². The second-order valence-electron chi connectivity index (χ2n) is 7.76. The van der Waals surface area contributed by atoms with E-state index in [1.165, 1.54) is 11.3 Å². The van der Waals surface area contributed by atoms with Crippen LogP contribution in [0.2, 0.25) is 0 Å². The third-order valence-electron chi connectivity index (χ3n) is 5.45. The highest BCUT2D eigenvalue weighted by molar-refractivity contribution is 8.00. The fourth-order valence-electron chi connectivity index (χ4n) is 4.08. The Bertz CT molecular complexity index is 1020. The molecule has 0 radical (unpaired) electrons. The number of carbonyl (C=O) groups excluding carboxylic acids is 3. The third-order valence-corrected chi connectivity index (χ3v) is 7.83. The van der Waals surface area contributed by atoms with Gasteiger partial charge in [-0.05, 0) is 50.3 Å². The minimum absolute atomic E-state index is 0.0730. The number of hydrogen-bond donors (Lipinski definition) is 1. The Morgan fingerprint density at radius 2 is 2.00 bits per heavy atom. The van der Waals surface area contributed by atoms with E-state index < -0.39 is 5.97 Å². The highest BCUT2D eigenvalue weighted by Crippen LogP contribution is 2.40. The van der Waals surface area contributed by atoms with Crippen molar-refractivity contribution in [2.75, 3.05) is 23.4 Å². The summed E-state index contributed by atoms with van der Waals surface area (Å²) in [7, 11) is 0. The molecule has 6 nitrogen and oxygen atoms in total. The van der Waals surface area contributed by atoms with Crippen molar-refractivity contribution < 1.29 is 19.1 Å². The summed E-state index contributed by atoms with van der Waals surface area (Å²) in [5.41, 5.74) is 2.25. The molecule has 2 heterocycles. The van der Waals surface area contributed by atoms with E-state index in [-0.39, 0.29) is 30.2 Å². The molecule has 1 aromatic carbocycles. The zero-order valence-electron chi connectivity index (χ0n) is 17.7. The van der Waals surface area contributed by atoms with Crippen LogP contribution in [-0.2, 0) is 27.2 Å². The molecule has 0 bridgehead atoms. The maximum atomic E-state index is 13.0. The number of hydrogen-bond acceptors (Lipinski definition) is 6. The number of thioether (sulfide) groups is 1. The predicted octanol–water partition coefficient (Wildman–Crippen LogP) is 4.66. The maximum Gasteiger partial charge on any atom is 0.341 e. The SMILES string of the molecule is CCOC(=O)c1c(NC(=O)CN2C(=O)CC(C)Sc3ccccc32)sc2c1CCCC2. The number of thiophene rings is 1.